The molecule has 1 nitrogen and oxygen atoms in total. The maximum Gasteiger partial charge on any atom is 0.119 e. The van der Waals surface area contributed by atoms with Gasteiger partial charge in [-0.1, -0.05) is 57.9 Å². The Kier molecular flexibility index (Phi) is 5.93. The van der Waals surface area contributed by atoms with Gasteiger partial charge in [-0.25, -0.2) is 0 Å². The lowest BCUT2D eigenvalue weighted by Crippen LogP contribution is -2.10. The summed E-state index contributed by atoms with van der Waals surface area (Å²) in [7, 11) is 1.70. The highest BCUT2D eigenvalue weighted by molar-refractivity contribution is 9.09. The van der Waals surface area contributed by atoms with Crippen molar-refractivity contribution in [2.24, 2.45) is 5.92 Å². The Morgan fingerprint density at radius 2 is 1.90 bits per heavy atom. The second-order valence-corrected chi connectivity index (χ2v) is 5.93. The number of benzene rings is 2. The molecule has 0 aliphatic carbocycles. The Hall–Kier alpha value is -0.990. The van der Waals surface area contributed by atoms with Crippen LogP contribution in [0.1, 0.15) is 11.1 Å². The number of ether oxygens (including phenoxy) is 1. The molecule has 0 saturated heterocycles. The van der Waals surface area contributed by atoms with Crippen LogP contribution in [0.25, 0.3) is 0 Å². The van der Waals surface area contributed by atoms with Gasteiger partial charge in [0.2, 0.25) is 0 Å². The Bertz CT molecular complexity index is 556. The summed E-state index contributed by atoms with van der Waals surface area (Å²) in [4.78, 5) is 0. The van der Waals surface area contributed by atoms with E-state index in [4.69, 9.17) is 16.3 Å². The fraction of sp³-hybridized carbons (Fsp3) is 0.294. The first-order valence-electron chi connectivity index (χ1n) is 6.65. The van der Waals surface area contributed by atoms with E-state index in [1.165, 1.54) is 11.1 Å². The zero-order valence-corrected chi connectivity index (χ0v) is 13.8. The van der Waals surface area contributed by atoms with Gasteiger partial charge in [-0.2, -0.15) is 0 Å². The Morgan fingerprint density at radius 3 is 2.60 bits per heavy atom. The van der Waals surface area contributed by atoms with Crippen molar-refractivity contribution in [2.45, 2.75) is 12.8 Å². The van der Waals surface area contributed by atoms with Crippen LogP contribution in [0.5, 0.6) is 5.75 Å². The van der Waals surface area contributed by atoms with E-state index in [1.54, 1.807) is 7.11 Å². The third-order valence-corrected chi connectivity index (χ3v) is 4.63. The molecule has 2 aromatic carbocycles. The minimum absolute atomic E-state index is 0.516. The molecule has 1 atom stereocenters. The van der Waals surface area contributed by atoms with Crippen LogP contribution in [0.15, 0.2) is 48.5 Å². The zero-order valence-electron chi connectivity index (χ0n) is 11.5. The van der Waals surface area contributed by atoms with Crippen molar-refractivity contribution in [2.75, 3.05) is 12.4 Å². The summed E-state index contributed by atoms with van der Waals surface area (Å²) in [6, 6.07) is 16.3. The quantitative estimate of drug-likeness (QED) is 0.653. The minimum Gasteiger partial charge on any atom is -0.497 e. The van der Waals surface area contributed by atoms with Gasteiger partial charge in [0.25, 0.3) is 0 Å². The van der Waals surface area contributed by atoms with Crippen LogP contribution in [0.3, 0.4) is 0 Å². The predicted molar refractivity (Wildman–Crippen MR) is 89.1 cm³/mol. The van der Waals surface area contributed by atoms with E-state index in [1.807, 2.05) is 30.3 Å². The standard InChI is InChI=1S/C17H18BrClO/c1-20-16-7-4-5-13(11-16)9-14(12-18)10-15-6-2-3-8-17(15)19/h2-8,11,14H,9-10,12H2,1H3. The van der Waals surface area contributed by atoms with E-state index in [-0.39, 0.29) is 0 Å². The third-order valence-electron chi connectivity index (χ3n) is 3.34. The van der Waals surface area contributed by atoms with Gasteiger partial charge in [-0.05, 0) is 48.1 Å². The molecule has 0 radical (unpaired) electrons. The van der Waals surface area contributed by atoms with Crippen molar-refractivity contribution >= 4 is 27.5 Å². The lowest BCUT2D eigenvalue weighted by molar-refractivity contribution is 0.414. The highest BCUT2D eigenvalue weighted by atomic mass is 79.9. The zero-order chi connectivity index (χ0) is 14.4. The van der Waals surface area contributed by atoms with Crippen molar-refractivity contribution in [3.05, 3.63) is 64.7 Å². The summed E-state index contributed by atoms with van der Waals surface area (Å²) in [6.45, 7) is 0. The van der Waals surface area contributed by atoms with E-state index in [9.17, 15) is 0 Å². The van der Waals surface area contributed by atoms with Crippen molar-refractivity contribution in [3.63, 3.8) is 0 Å². The normalized spacial score (nSPS) is 12.2. The molecule has 0 fully saturated rings. The number of methoxy groups -OCH3 is 1. The molecule has 0 aliphatic rings. The molecular formula is C17H18BrClO. The van der Waals surface area contributed by atoms with Gasteiger partial charge in [0.05, 0.1) is 7.11 Å². The molecule has 20 heavy (non-hydrogen) atoms. The molecule has 0 N–H and O–H groups in total. The molecule has 3 heteroatoms. The van der Waals surface area contributed by atoms with Crippen LogP contribution >= 0.6 is 27.5 Å². The number of hydrogen-bond acceptors (Lipinski definition) is 1. The van der Waals surface area contributed by atoms with Crippen molar-refractivity contribution in [1.82, 2.24) is 0 Å². The van der Waals surface area contributed by atoms with E-state index in [0.29, 0.717) is 5.92 Å². The molecule has 2 rings (SSSR count). The molecule has 1 unspecified atom stereocenters. The highest BCUT2D eigenvalue weighted by Gasteiger charge is 2.12. The minimum atomic E-state index is 0.516. The largest absolute Gasteiger partial charge is 0.497 e. The average molecular weight is 354 g/mol. The van der Waals surface area contributed by atoms with E-state index in [2.05, 4.69) is 34.1 Å². The predicted octanol–water partition coefficient (Wildman–Crippen LogP) is 5.14. The maximum absolute atomic E-state index is 6.24. The van der Waals surface area contributed by atoms with Gasteiger partial charge < -0.3 is 4.74 Å². The molecule has 106 valence electrons. The summed E-state index contributed by atoms with van der Waals surface area (Å²) in [6.07, 6.45) is 1.98. The van der Waals surface area contributed by atoms with Crippen LogP contribution in [-0.2, 0) is 12.8 Å². The SMILES string of the molecule is COc1cccc(CC(CBr)Cc2ccccc2Cl)c1. The summed E-state index contributed by atoms with van der Waals surface area (Å²) < 4.78 is 5.27. The van der Waals surface area contributed by atoms with E-state index >= 15 is 0 Å². The van der Waals surface area contributed by atoms with Crippen molar-refractivity contribution < 1.29 is 4.74 Å². The van der Waals surface area contributed by atoms with Gasteiger partial charge in [0.15, 0.2) is 0 Å². The average Bonchev–Trinajstić information content (AvgIpc) is 2.49. The molecule has 0 heterocycles. The Balaban J connectivity index is 2.07. The van der Waals surface area contributed by atoms with E-state index < -0.39 is 0 Å². The number of halogens is 2. The first kappa shape index (κ1) is 15.4. The monoisotopic (exact) mass is 352 g/mol. The third kappa shape index (κ3) is 4.26. The Labute approximate surface area is 134 Å². The summed E-state index contributed by atoms with van der Waals surface area (Å²) >= 11 is 9.86. The smallest absolute Gasteiger partial charge is 0.119 e. The molecule has 0 aliphatic heterocycles. The fourth-order valence-electron chi connectivity index (χ4n) is 2.29. The van der Waals surface area contributed by atoms with Gasteiger partial charge in [0, 0.05) is 10.4 Å². The van der Waals surface area contributed by atoms with Crippen LogP contribution in [0.2, 0.25) is 5.02 Å². The highest BCUT2D eigenvalue weighted by Crippen LogP contribution is 2.23. The number of hydrogen-bond donors (Lipinski definition) is 0. The Morgan fingerprint density at radius 1 is 1.10 bits per heavy atom. The first-order valence-corrected chi connectivity index (χ1v) is 8.15. The lowest BCUT2D eigenvalue weighted by Gasteiger charge is -2.15. The second kappa shape index (κ2) is 7.70. The summed E-state index contributed by atoms with van der Waals surface area (Å²) in [5, 5.41) is 1.80. The second-order valence-electron chi connectivity index (χ2n) is 4.87. The topological polar surface area (TPSA) is 9.23 Å². The first-order chi connectivity index (χ1) is 9.72. The summed E-state index contributed by atoms with van der Waals surface area (Å²) in [5.74, 6) is 1.43. The maximum atomic E-state index is 6.24. The van der Waals surface area contributed by atoms with Crippen LogP contribution in [0, 0.1) is 5.92 Å². The number of rotatable bonds is 6. The summed E-state index contributed by atoms with van der Waals surface area (Å²) in [5.41, 5.74) is 2.50. The molecule has 0 spiro atoms. The van der Waals surface area contributed by atoms with Crippen molar-refractivity contribution in [1.29, 1.82) is 0 Å². The molecule has 0 amide bonds. The molecule has 0 saturated carbocycles. The van der Waals surface area contributed by atoms with Gasteiger partial charge in [0.1, 0.15) is 5.75 Å². The molecular weight excluding hydrogens is 336 g/mol. The van der Waals surface area contributed by atoms with Gasteiger partial charge in [-0.3, -0.25) is 0 Å². The molecule has 0 aromatic heterocycles. The number of alkyl halides is 1. The van der Waals surface area contributed by atoms with Crippen LogP contribution in [0.4, 0.5) is 0 Å². The molecule has 2 aromatic rings. The van der Waals surface area contributed by atoms with Gasteiger partial charge in [-0.15, -0.1) is 0 Å². The van der Waals surface area contributed by atoms with Crippen LogP contribution < -0.4 is 4.74 Å². The molecule has 0 bridgehead atoms. The fourth-order valence-corrected chi connectivity index (χ4v) is 2.96. The van der Waals surface area contributed by atoms with Gasteiger partial charge >= 0.3 is 0 Å². The van der Waals surface area contributed by atoms with E-state index in [0.717, 1.165) is 28.9 Å². The van der Waals surface area contributed by atoms with Crippen LogP contribution in [-0.4, -0.2) is 12.4 Å². The van der Waals surface area contributed by atoms with Crippen molar-refractivity contribution in [3.8, 4) is 5.75 Å². The lowest BCUT2D eigenvalue weighted by atomic mass is 9.94.